The predicted octanol–water partition coefficient (Wildman–Crippen LogP) is 2.67. The molecule has 47 heavy (non-hydrogen) atoms. The molecule has 4 saturated heterocycles. The number of carbonyl (C=O) groups excluding carboxylic acids is 2. The summed E-state index contributed by atoms with van der Waals surface area (Å²) >= 11 is 0. The Morgan fingerprint density at radius 2 is 1.83 bits per heavy atom. The van der Waals surface area contributed by atoms with Crippen molar-refractivity contribution in [2.24, 2.45) is 5.41 Å². The number of benzene rings is 2. The van der Waals surface area contributed by atoms with Gasteiger partial charge in [0.1, 0.15) is 24.2 Å². The Hall–Kier alpha value is -4.49. The van der Waals surface area contributed by atoms with Crippen LogP contribution < -0.4 is 26.0 Å². The molecule has 2 aromatic carbocycles. The van der Waals surface area contributed by atoms with Crippen LogP contribution in [0, 0.1) is 5.41 Å². The predicted molar refractivity (Wildman–Crippen MR) is 178 cm³/mol. The highest BCUT2D eigenvalue weighted by Crippen LogP contribution is 2.36. The van der Waals surface area contributed by atoms with E-state index in [4.69, 9.17) is 15.2 Å². The summed E-state index contributed by atoms with van der Waals surface area (Å²) in [6.07, 6.45) is 2.97. The van der Waals surface area contributed by atoms with E-state index in [0.29, 0.717) is 61.6 Å². The van der Waals surface area contributed by atoms with Crippen molar-refractivity contribution in [2.75, 3.05) is 68.4 Å². The molecular weight excluding hydrogens is 598 g/mol. The minimum atomic E-state index is -0.421. The number of nitrogen functional groups attached to an aromatic ring is 1. The van der Waals surface area contributed by atoms with Crippen LogP contribution in [0.25, 0.3) is 11.4 Å². The fourth-order valence-electron chi connectivity index (χ4n) is 6.87. The number of rotatable bonds is 8. The highest BCUT2D eigenvalue weighted by atomic mass is 16.5. The van der Waals surface area contributed by atoms with Gasteiger partial charge < -0.3 is 35.6 Å². The first-order chi connectivity index (χ1) is 22.7. The SMILES string of the molecule is CC1(C)CN(C(=O)[C@@H]2CCC(=O)N2)CC[C@@H]1Oc1ccc(-c2ncnc(Nc3ccc(N4CCN(C5COC5)CC4)cc3)n2)cc1N. The number of anilines is 4. The summed E-state index contributed by atoms with van der Waals surface area (Å²) < 4.78 is 11.8. The van der Waals surface area contributed by atoms with E-state index >= 15 is 0 Å². The molecule has 13 heteroatoms. The maximum atomic E-state index is 13.0. The fraction of sp³-hybridized carbons (Fsp3) is 0.500. The van der Waals surface area contributed by atoms with Crippen molar-refractivity contribution in [1.82, 2.24) is 30.1 Å². The maximum Gasteiger partial charge on any atom is 0.245 e. The number of hydrogen-bond donors (Lipinski definition) is 3. The molecule has 0 unspecified atom stereocenters. The van der Waals surface area contributed by atoms with E-state index in [1.165, 1.54) is 12.0 Å². The van der Waals surface area contributed by atoms with Crippen LogP contribution in [0.3, 0.4) is 0 Å². The molecule has 3 aromatic rings. The van der Waals surface area contributed by atoms with Crippen molar-refractivity contribution in [3.63, 3.8) is 0 Å². The third-order valence-electron chi connectivity index (χ3n) is 9.79. The highest BCUT2D eigenvalue weighted by molar-refractivity contribution is 5.90. The van der Waals surface area contributed by atoms with Crippen LogP contribution in [0.1, 0.15) is 33.1 Å². The molecule has 0 spiro atoms. The summed E-state index contributed by atoms with van der Waals surface area (Å²) in [5, 5.41) is 6.08. The van der Waals surface area contributed by atoms with Gasteiger partial charge in [0.25, 0.3) is 0 Å². The minimum Gasteiger partial charge on any atom is -0.488 e. The van der Waals surface area contributed by atoms with Crippen molar-refractivity contribution in [3.8, 4) is 17.1 Å². The topological polar surface area (TPSA) is 151 Å². The van der Waals surface area contributed by atoms with E-state index in [-0.39, 0.29) is 23.3 Å². The number of hydrogen-bond acceptors (Lipinski definition) is 11. The van der Waals surface area contributed by atoms with E-state index in [2.05, 4.69) is 61.4 Å². The highest BCUT2D eigenvalue weighted by Gasteiger charge is 2.42. The van der Waals surface area contributed by atoms with Gasteiger partial charge in [0.2, 0.25) is 17.8 Å². The van der Waals surface area contributed by atoms with Gasteiger partial charge >= 0.3 is 0 Å². The Morgan fingerprint density at radius 1 is 1.04 bits per heavy atom. The summed E-state index contributed by atoms with van der Waals surface area (Å²) in [6.45, 7) is 11.1. The first-order valence-corrected chi connectivity index (χ1v) is 16.5. The second-order valence-electron chi connectivity index (χ2n) is 13.6. The maximum absolute atomic E-state index is 13.0. The molecule has 4 N–H and O–H groups in total. The zero-order chi connectivity index (χ0) is 32.5. The summed E-state index contributed by atoms with van der Waals surface area (Å²) in [5.41, 5.74) is 9.50. The zero-order valence-corrected chi connectivity index (χ0v) is 27.0. The van der Waals surface area contributed by atoms with E-state index in [0.717, 1.165) is 50.6 Å². The number of amides is 2. The zero-order valence-electron chi connectivity index (χ0n) is 27.0. The smallest absolute Gasteiger partial charge is 0.245 e. The van der Waals surface area contributed by atoms with E-state index in [1.807, 2.05) is 35.2 Å². The third kappa shape index (κ3) is 6.82. The van der Waals surface area contributed by atoms with Crippen LogP contribution in [0.15, 0.2) is 48.8 Å². The molecule has 0 bridgehead atoms. The van der Waals surface area contributed by atoms with Crippen LogP contribution in [0.4, 0.5) is 23.0 Å². The lowest BCUT2D eigenvalue weighted by Crippen LogP contribution is -2.56. The monoisotopic (exact) mass is 641 g/mol. The summed E-state index contributed by atoms with van der Waals surface area (Å²) in [4.78, 5) is 44.7. The molecule has 0 radical (unpaired) electrons. The van der Waals surface area contributed by atoms with Crippen LogP contribution >= 0.6 is 0 Å². The Balaban J connectivity index is 0.951. The molecule has 1 aromatic heterocycles. The van der Waals surface area contributed by atoms with Crippen LogP contribution in [0.2, 0.25) is 0 Å². The van der Waals surface area contributed by atoms with E-state index in [9.17, 15) is 9.59 Å². The minimum absolute atomic E-state index is 0.0149. The lowest BCUT2D eigenvalue weighted by Gasteiger charge is -2.44. The molecule has 248 valence electrons. The second kappa shape index (κ2) is 13.0. The van der Waals surface area contributed by atoms with Crippen molar-refractivity contribution < 1.29 is 19.1 Å². The first kappa shape index (κ1) is 31.1. The molecule has 4 fully saturated rings. The summed E-state index contributed by atoms with van der Waals surface area (Å²) in [6, 6.07) is 14.1. The Kier molecular flexibility index (Phi) is 8.58. The average Bonchev–Trinajstić information content (AvgIpc) is 3.48. The lowest BCUT2D eigenvalue weighted by molar-refractivity contribution is -0.139. The number of nitrogens with zero attached hydrogens (tertiary/aromatic N) is 6. The van der Waals surface area contributed by atoms with Crippen LogP contribution in [-0.4, -0.2) is 107 Å². The van der Waals surface area contributed by atoms with Gasteiger partial charge in [-0.25, -0.2) is 9.97 Å². The van der Waals surface area contributed by atoms with Crippen molar-refractivity contribution in [1.29, 1.82) is 0 Å². The molecule has 7 rings (SSSR count). The number of nitrogens with two attached hydrogens (primary N) is 1. The van der Waals surface area contributed by atoms with Crippen molar-refractivity contribution in [2.45, 2.75) is 51.3 Å². The van der Waals surface area contributed by atoms with Gasteiger partial charge in [-0.2, -0.15) is 4.98 Å². The molecule has 4 aliphatic heterocycles. The number of aromatic nitrogens is 3. The van der Waals surface area contributed by atoms with Gasteiger partial charge in [-0.15, -0.1) is 0 Å². The third-order valence-corrected chi connectivity index (χ3v) is 9.79. The van der Waals surface area contributed by atoms with Gasteiger partial charge in [-0.3, -0.25) is 14.5 Å². The van der Waals surface area contributed by atoms with Crippen molar-refractivity contribution in [3.05, 3.63) is 48.8 Å². The number of likely N-dealkylation sites (tertiary alicyclic amines) is 1. The van der Waals surface area contributed by atoms with Gasteiger partial charge in [-0.1, -0.05) is 13.8 Å². The molecule has 0 aliphatic carbocycles. The van der Waals surface area contributed by atoms with Crippen LogP contribution in [-0.2, 0) is 14.3 Å². The average molecular weight is 642 g/mol. The molecular formula is C34H43N9O4. The molecule has 13 nitrogen and oxygen atoms in total. The van der Waals surface area contributed by atoms with Crippen LogP contribution in [0.5, 0.6) is 5.75 Å². The summed E-state index contributed by atoms with van der Waals surface area (Å²) in [5.74, 6) is 1.45. The van der Waals surface area contributed by atoms with E-state index < -0.39 is 6.04 Å². The van der Waals surface area contributed by atoms with E-state index in [1.54, 1.807) is 0 Å². The number of piperazine rings is 1. The molecule has 2 atom stereocenters. The molecule has 5 heterocycles. The number of nitrogens with one attached hydrogen (secondary N) is 2. The van der Waals surface area contributed by atoms with Gasteiger partial charge in [0.05, 0.1) is 24.9 Å². The number of piperidine rings is 1. The Labute approximate surface area is 274 Å². The normalized spacial score (nSPS) is 23.2. The van der Waals surface area contributed by atoms with Gasteiger partial charge in [0, 0.05) is 74.5 Å². The van der Waals surface area contributed by atoms with Gasteiger partial charge in [0.15, 0.2) is 5.82 Å². The molecule has 4 aliphatic rings. The van der Waals surface area contributed by atoms with Gasteiger partial charge in [-0.05, 0) is 48.9 Å². The van der Waals surface area contributed by atoms with Crippen molar-refractivity contribution >= 4 is 34.8 Å². The standard InChI is InChI=1S/C34H43N9O4/c1-34(2)20-43(32(45)27-8-10-30(44)39-27)12-11-29(34)47-28-9-3-22(17-26(28)35)31-36-21-37-33(40-31)38-23-4-6-24(7-5-23)41-13-15-42(16-14-41)25-18-46-19-25/h3-7,9,17,21,25,27,29H,8,10-16,18-20,35H2,1-2H3,(H,39,44)(H,36,37,38,40)/t27-,29-/m0/s1. The lowest BCUT2D eigenvalue weighted by atomic mass is 9.80. The largest absolute Gasteiger partial charge is 0.488 e. The second-order valence-corrected chi connectivity index (χ2v) is 13.6. The fourth-order valence-corrected chi connectivity index (χ4v) is 6.87. The number of ether oxygens (including phenoxy) is 2. The molecule has 2 amide bonds. The Bertz CT molecular complexity index is 1610. The summed E-state index contributed by atoms with van der Waals surface area (Å²) in [7, 11) is 0. The number of carbonyl (C=O) groups is 2. The quantitative estimate of drug-likeness (QED) is 0.312. The first-order valence-electron chi connectivity index (χ1n) is 16.5. The molecule has 0 saturated carbocycles. The Morgan fingerprint density at radius 3 is 2.49 bits per heavy atom.